The highest BCUT2D eigenvalue weighted by Gasteiger charge is 2.26. The van der Waals surface area contributed by atoms with Crippen LogP contribution in [0.3, 0.4) is 0 Å². The largest absolute Gasteiger partial charge is 0.308 e. The molecular weight excluding hydrogens is 803 g/mol. The second-order valence-electron chi connectivity index (χ2n) is 17.7. The number of fused-ring (bicyclic) bond motifs is 4. The van der Waals surface area contributed by atoms with Gasteiger partial charge >= 0.3 is 0 Å². The van der Waals surface area contributed by atoms with Gasteiger partial charge in [0.2, 0.25) is 0 Å². The molecule has 0 N–H and O–H groups in total. The van der Waals surface area contributed by atoms with Crippen LogP contribution in [0.15, 0.2) is 213 Å². The Kier molecular flexibility index (Phi) is 9.53. The fourth-order valence-corrected chi connectivity index (χ4v) is 9.92. The summed E-state index contributed by atoms with van der Waals surface area (Å²) in [5, 5.41) is 2.26. The van der Waals surface area contributed by atoms with Crippen molar-refractivity contribution in [2.45, 2.75) is 39.5 Å². The lowest BCUT2D eigenvalue weighted by Gasteiger charge is -2.30. The van der Waals surface area contributed by atoms with E-state index in [0.717, 1.165) is 83.7 Å². The molecule has 5 heteroatoms. The van der Waals surface area contributed by atoms with E-state index in [1.165, 1.54) is 21.3 Å². The SMILES string of the molecule is [2H]C([2H])([2H])n1[cH+]n(-c2cccc(N(c3ccc4c5ccccc5n(-c5cc(-c6c(C(C)C)cccc6C(C)C)ccn5)c4c3)c3c(-c4ccccc4)cccc3-c3ccccc3)c2)c2ccccc21. The molecule has 0 unspecified atom stereocenters. The summed E-state index contributed by atoms with van der Waals surface area (Å²) < 4.78 is 31.0. The average molecular weight is 858 g/mol. The van der Waals surface area contributed by atoms with Crippen molar-refractivity contribution in [3.8, 4) is 44.9 Å². The van der Waals surface area contributed by atoms with Gasteiger partial charge in [0.1, 0.15) is 11.5 Å². The molecule has 0 amide bonds. The zero-order chi connectivity index (χ0) is 47.4. The predicted molar refractivity (Wildman–Crippen MR) is 278 cm³/mol. The molecule has 3 heterocycles. The number of aromatic nitrogens is 4. The lowest BCUT2D eigenvalue weighted by molar-refractivity contribution is 0.838. The summed E-state index contributed by atoms with van der Waals surface area (Å²) in [5.74, 6) is 1.52. The van der Waals surface area contributed by atoms with Crippen LogP contribution in [0.1, 0.15) is 54.8 Å². The highest BCUT2D eigenvalue weighted by molar-refractivity contribution is 6.11. The molecule has 3 aromatic heterocycles. The van der Waals surface area contributed by atoms with Crippen molar-refractivity contribution in [1.29, 1.82) is 0 Å². The molecule has 0 saturated carbocycles. The summed E-state index contributed by atoms with van der Waals surface area (Å²) in [7, 11) is 0. The Morgan fingerprint density at radius 2 is 1.09 bits per heavy atom. The third-order valence-corrected chi connectivity index (χ3v) is 13.0. The molecule has 66 heavy (non-hydrogen) atoms. The van der Waals surface area contributed by atoms with Gasteiger partial charge in [-0.3, -0.25) is 4.57 Å². The predicted octanol–water partition coefficient (Wildman–Crippen LogP) is 16.5. The first-order chi connectivity index (χ1) is 33.5. The molecule has 0 atom stereocenters. The minimum Gasteiger partial charge on any atom is -0.308 e. The molecule has 0 aliphatic carbocycles. The average Bonchev–Trinajstić information content (AvgIpc) is 3.94. The Bertz CT molecular complexity index is 3600. The maximum Gasteiger partial charge on any atom is 0.191 e. The molecule has 11 rings (SSSR count). The topological polar surface area (TPSA) is 30.9 Å². The number of nitrogens with zero attached hydrogens (tertiary/aromatic N) is 5. The van der Waals surface area contributed by atoms with Crippen LogP contribution in [0.5, 0.6) is 0 Å². The summed E-state index contributed by atoms with van der Waals surface area (Å²) in [6.45, 7) is 6.72. The van der Waals surface area contributed by atoms with E-state index in [1.807, 2.05) is 41.1 Å². The maximum atomic E-state index is 8.44. The second kappa shape index (κ2) is 16.8. The van der Waals surface area contributed by atoms with Gasteiger partial charge in [-0.05, 0) is 99.8 Å². The van der Waals surface area contributed by atoms with Crippen molar-refractivity contribution < 1.29 is 4.11 Å². The number of hydrogen-bond donors (Lipinski definition) is 0. The van der Waals surface area contributed by atoms with E-state index >= 15 is 0 Å². The van der Waals surface area contributed by atoms with Crippen LogP contribution in [0.25, 0.3) is 77.7 Å². The number of imidazole rings is 1. The zero-order valence-corrected chi connectivity index (χ0v) is 37.6. The van der Waals surface area contributed by atoms with Crippen LogP contribution in [-0.2, 0) is 6.98 Å². The standard InChI is InChI=1S/C61H52N5/c1-41(2)49-26-17-27-50(42(3)4)60(49)45-35-36-62-59(37-45)66-55-30-13-12-25-53(55)54-34-33-48(39-58(54)66)65(47-24-16-23-46(38-47)64-40-63(5)56-31-14-15-32-57(56)64)61-51(43-19-8-6-9-20-43)28-18-29-52(61)44-21-10-7-11-22-44/h6-42H,1-5H3/q+1/i5D3. The molecule has 11 aromatic rings. The molecule has 0 spiro atoms. The number of aryl methyl sites for hydroxylation is 1. The summed E-state index contributed by atoms with van der Waals surface area (Å²) in [6.07, 6.45) is 3.65. The van der Waals surface area contributed by atoms with Gasteiger partial charge in [0, 0.05) is 69.1 Å². The number of pyridine rings is 1. The smallest absolute Gasteiger partial charge is 0.191 e. The van der Waals surface area contributed by atoms with Gasteiger partial charge in [-0.25, -0.2) is 9.55 Å². The molecule has 0 fully saturated rings. The Morgan fingerprint density at radius 3 is 1.77 bits per heavy atom. The van der Waals surface area contributed by atoms with Crippen LogP contribution in [-0.4, -0.2) is 18.7 Å². The van der Waals surface area contributed by atoms with Crippen LogP contribution in [0.2, 0.25) is 0 Å². The van der Waals surface area contributed by atoms with Crippen molar-refractivity contribution in [1.82, 2.24) is 18.7 Å². The first-order valence-corrected chi connectivity index (χ1v) is 22.8. The van der Waals surface area contributed by atoms with E-state index < -0.39 is 6.98 Å². The summed E-state index contributed by atoms with van der Waals surface area (Å²) in [5.41, 5.74) is 16.6. The van der Waals surface area contributed by atoms with Crippen molar-refractivity contribution >= 4 is 49.9 Å². The van der Waals surface area contributed by atoms with Crippen molar-refractivity contribution in [3.63, 3.8) is 0 Å². The van der Waals surface area contributed by atoms with Crippen LogP contribution in [0.4, 0.5) is 17.1 Å². The number of para-hydroxylation sites is 4. The van der Waals surface area contributed by atoms with Crippen molar-refractivity contribution in [3.05, 3.63) is 224 Å². The Balaban J connectivity index is 1.20. The highest BCUT2D eigenvalue weighted by Crippen LogP contribution is 2.48. The summed E-state index contributed by atoms with van der Waals surface area (Å²) in [4.78, 5) is 7.52. The molecule has 320 valence electrons. The lowest BCUT2D eigenvalue weighted by Crippen LogP contribution is -2.13. The fraction of sp³-hybridized carbons (Fsp3) is 0.115. The number of hydrogen-bond acceptors (Lipinski definition) is 2. The van der Waals surface area contributed by atoms with Crippen LogP contribution in [0, 0.1) is 0 Å². The normalized spacial score (nSPS) is 12.5. The van der Waals surface area contributed by atoms with E-state index in [1.54, 1.807) is 6.33 Å². The van der Waals surface area contributed by atoms with Crippen molar-refractivity contribution in [2.75, 3.05) is 4.90 Å². The first kappa shape index (κ1) is 37.4. The van der Waals surface area contributed by atoms with E-state index in [2.05, 4.69) is 207 Å². The molecule has 5 nitrogen and oxygen atoms in total. The molecular formula is C61H52N5+. The van der Waals surface area contributed by atoms with Gasteiger partial charge in [0.15, 0.2) is 17.4 Å². The fourth-order valence-electron chi connectivity index (χ4n) is 9.92. The van der Waals surface area contributed by atoms with Crippen molar-refractivity contribution in [2.24, 2.45) is 6.98 Å². The maximum absolute atomic E-state index is 8.44. The molecule has 8 aromatic carbocycles. The quantitative estimate of drug-likeness (QED) is 0.128. The monoisotopic (exact) mass is 857 g/mol. The zero-order valence-electron chi connectivity index (χ0n) is 40.6. The Labute approximate surface area is 391 Å². The van der Waals surface area contributed by atoms with E-state index in [0.29, 0.717) is 17.4 Å². The summed E-state index contributed by atoms with van der Waals surface area (Å²) >= 11 is 0. The van der Waals surface area contributed by atoms with E-state index in [9.17, 15) is 0 Å². The van der Waals surface area contributed by atoms with Gasteiger partial charge in [-0.1, -0.05) is 149 Å². The molecule has 0 aliphatic rings. The van der Waals surface area contributed by atoms with Gasteiger partial charge < -0.3 is 4.90 Å². The molecule has 0 bridgehead atoms. The number of anilines is 3. The first-order valence-electron chi connectivity index (χ1n) is 24.3. The molecule has 0 radical (unpaired) electrons. The van der Waals surface area contributed by atoms with Crippen LogP contribution < -0.4 is 4.90 Å². The van der Waals surface area contributed by atoms with Gasteiger partial charge in [-0.15, -0.1) is 0 Å². The second-order valence-corrected chi connectivity index (χ2v) is 17.7. The highest BCUT2D eigenvalue weighted by atomic mass is 15.2. The number of benzene rings is 8. The molecule has 0 saturated heterocycles. The third kappa shape index (κ3) is 7.05. The Morgan fingerprint density at radius 1 is 0.500 bits per heavy atom. The summed E-state index contributed by atoms with van der Waals surface area (Å²) in [6, 6.07) is 70.3. The lowest BCUT2D eigenvalue weighted by atomic mass is 9.85. The third-order valence-electron chi connectivity index (χ3n) is 13.0. The Hall–Kier alpha value is -8.02. The van der Waals surface area contributed by atoms with Gasteiger partial charge in [0.25, 0.3) is 0 Å². The van der Waals surface area contributed by atoms with Gasteiger partial charge in [0.05, 0.1) is 22.4 Å². The number of rotatable bonds is 10. The van der Waals surface area contributed by atoms with Gasteiger partial charge in [-0.2, -0.15) is 4.57 Å². The van der Waals surface area contributed by atoms with E-state index in [4.69, 9.17) is 9.10 Å². The van der Waals surface area contributed by atoms with E-state index in [-0.39, 0.29) is 0 Å². The van der Waals surface area contributed by atoms with Crippen LogP contribution >= 0.6 is 0 Å². The minimum absolute atomic E-state index is 0.341. The molecule has 0 aliphatic heterocycles. The minimum atomic E-state index is -2.37.